The summed E-state index contributed by atoms with van der Waals surface area (Å²) in [5.74, 6) is 0.932. The van der Waals surface area contributed by atoms with Crippen molar-refractivity contribution in [3.63, 3.8) is 0 Å². The lowest BCUT2D eigenvalue weighted by Crippen LogP contribution is -2.29. The molecule has 0 aromatic heterocycles. The SMILES string of the molecule is CC(C)(C)c1ccc(OCC(=O)NCc2cccc(CNC(=O)COc3ccc(C(C)(C)C)cc3)c2)cc1. The number of nitrogens with one attached hydrogen (secondary N) is 2. The zero-order valence-corrected chi connectivity index (χ0v) is 23.4. The third kappa shape index (κ3) is 9.25. The van der Waals surface area contributed by atoms with Gasteiger partial charge in [0.15, 0.2) is 13.2 Å². The van der Waals surface area contributed by atoms with Crippen LogP contribution in [0.1, 0.15) is 63.8 Å². The molecule has 0 heterocycles. The molecule has 0 saturated heterocycles. The summed E-state index contributed by atoms with van der Waals surface area (Å²) in [6, 6.07) is 23.4. The van der Waals surface area contributed by atoms with Gasteiger partial charge in [0.05, 0.1) is 0 Å². The number of ether oxygens (including phenoxy) is 2. The van der Waals surface area contributed by atoms with E-state index < -0.39 is 0 Å². The van der Waals surface area contributed by atoms with Gasteiger partial charge in [-0.05, 0) is 57.3 Å². The second kappa shape index (κ2) is 12.6. The molecule has 6 heteroatoms. The molecule has 3 aromatic carbocycles. The van der Waals surface area contributed by atoms with Crippen molar-refractivity contribution in [2.24, 2.45) is 0 Å². The second-order valence-electron chi connectivity index (χ2n) is 11.5. The minimum absolute atomic E-state index is 0.0520. The first-order valence-corrected chi connectivity index (χ1v) is 13.0. The fourth-order valence-corrected chi connectivity index (χ4v) is 3.75. The Hall–Kier alpha value is -3.80. The maximum Gasteiger partial charge on any atom is 0.258 e. The highest BCUT2D eigenvalue weighted by atomic mass is 16.5. The summed E-state index contributed by atoms with van der Waals surface area (Å²) < 4.78 is 11.2. The van der Waals surface area contributed by atoms with Crippen LogP contribution in [-0.2, 0) is 33.5 Å². The van der Waals surface area contributed by atoms with Crippen LogP contribution in [0.4, 0.5) is 0 Å². The average molecular weight is 517 g/mol. The topological polar surface area (TPSA) is 76.7 Å². The van der Waals surface area contributed by atoms with Crippen LogP contribution in [0.3, 0.4) is 0 Å². The van der Waals surface area contributed by atoms with Crippen molar-refractivity contribution in [2.45, 2.75) is 65.5 Å². The molecule has 2 N–H and O–H groups in total. The van der Waals surface area contributed by atoms with Crippen molar-refractivity contribution in [1.29, 1.82) is 0 Å². The summed E-state index contributed by atoms with van der Waals surface area (Å²) in [5, 5.41) is 5.75. The van der Waals surface area contributed by atoms with Crippen molar-refractivity contribution in [1.82, 2.24) is 10.6 Å². The quantitative estimate of drug-likeness (QED) is 0.364. The Morgan fingerprint density at radius 3 is 1.32 bits per heavy atom. The van der Waals surface area contributed by atoms with E-state index in [4.69, 9.17) is 9.47 Å². The summed E-state index contributed by atoms with van der Waals surface area (Å²) in [6.07, 6.45) is 0. The summed E-state index contributed by atoms with van der Waals surface area (Å²) in [5.41, 5.74) is 4.44. The number of carbonyl (C=O) groups excluding carboxylic acids is 2. The Labute approximate surface area is 226 Å². The molecule has 6 nitrogen and oxygen atoms in total. The lowest BCUT2D eigenvalue weighted by Gasteiger charge is -2.19. The highest BCUT2D eigenvalue weighted by molar-refractivity contribution is 5.78. The Morgan fingerprint density at radius 1 is 0.605 bits per heavy atom. The van der Waals surface area contributed by atoms with Crippen LogP contribution < -0.4 is 20.1 Å². The largest absolute Gasteiger partial charge is 0.484 e. The molecule has 0 spiro atoms. The number of carbonyl (C=O) groups is 2. The van der Waals surface area contributed by atoms with E-state index in [1.54, 1.807) is 0 Å². The zero-order valence-electron chi connectivity index (χ0n) is 23.4. The summed E-state index contributed by atoms with van der Waals surface area (Å²) in [4.78, 5) is 24.5. The smallest absolute Gasteiger partial charge is 0.258 e. The fourth-order valence-electron chi connectivity index (χ4n) is 3.75. The molecule has 0 saturated carbocycles. The van der Waals surface area contributed by atoms with E-state index in [0.717, 1.165) is 11.1 Å². The summed E-state index contributed by atoms with van der Waals surface area (Å²) >= 11 is 0. The van der Waals surface area contributed by atoms with E-state index in [1.807, 2.05) is 72.8 Å². The lowest BCUT2D eigenvalue weighted by atomic mass is 9.87. The molecule has 0 unspecified atom stereocenters. The molecule has 2 amide bonds. The minimum Gasteiger partial charge on any atom is -0.484 e. The van der Waals surface area contributed by atoms with Gasteiger partial charge in [-0.15, -0.1) is 0 Å². The molecule has 202 valence electrons. The van der Waals surface area contributed by atoms with Crippen LogP contribution in [0.25, 0.3) is 0 Å². The van der Waals surface area contributed by atoms with E-state index in [-0.39, 0.29) is 35.9 Å². The average Bonchev–Trinajstić information content (AvgIpc) is 2.88. The van der Waals surface area contributed by atoms with Gasteiger partial charge in [-0.2, -0.15) is 0 Å². The van der Waals surface area contributed by atoms with Crippen LogP contribution in [-0.4, -0.2) is 25.0 Å². The van der Waals surface area contributed by atoms with Gasteiger partial charge in [0.1, 0.15) is 11.5 Å². The molecule has 3 rings (SSSR count). The molecular formula is C32H40N2O4. The van der Waals surface area contributed by atoms with Gasteiger partial charge in [0, 0.05) is 13.1 Å². The lowest BCUT2D eigenvalue weighted by molar-refractivity contribution is -0.124. The molecular weight excluding hydrogens is 476 g/mol. The molecule has 0 aliphatic rings. The summed E-state index contributed by atoms with van der Waals surface area (Å²) in [7, 11) is 0. The van der Waals surface area contributed by atoms with Crippen LogP contribution >= 0.6 is 0 Å². The first-order chi connectivity index (χ1) is 17.9. The standard InChI is InChI=1S/C32H40N2O4/c1-31(2,3)25-10-14-27(15-11-25)37-21-29(35)33-19-23-8-7-9-24(18-23)20-34-30(36)22-38-28-16-12-26(13-17-28)32(4,5)6/h7-18H,19-22H2,1-6H3,(H,33,35)(H,34,36). The Bertz CT molecular complexity index is 1110. The number of benzene rings is 3. The highest BCUT2D eigenvalue weighted by Crippen LogP contribution is 2.25. The van der Waals surface area contributed by atoms with Crippen molar-refractivity contribution in [3.05, 3.63) is 95.1 Å². The number of amides is 2. The molecule has 0 fully saturated rings. The van der Waals surface area contributed by atoms with Gasteiger partial charge in [-0.25, -0.2) is 0 Å². The third-order valence-corrected chi connectivity index (χ3v) is 6.15. The van der Waals surface area contributed by atoms with Gasteiger partial charge in [0.25, 0.3) is 11.8 Å². The fraction of sp³-hybridized carbons (Fsp3) is 0.375. The Morgan fingerprint density at radius 2 is 0.974 bits per heavy atom. The zero-order chi connectivity index (χ0) is 27.8. The van der Waals surface area contributed by atoms with E-state index in [2.05, 4.69) is 52.2 Å². The predicted molar refractivity (Wildman–Crippen MR) is 151 cm³/mol. The van der Waals surface area contributed by atoms with Crippen molar-refractivity contribution in [2.75, 3.05) is 13.2 Å². The van der Waals surface area contributed by atoms with Crippen LogP contribution in [0.15, 0.2) is 72.8 Å². The molecule has 0 radical (unpaired) electrons. The molecule has 0 atom stereocenters. The summed E-state index contributed by atoms with van der Waals surface area (Å²) in [6.45, 7) is 13.6. The number of rotatable bonds is 10. The van der Waals surface area contributed by atoms with Crippen molar-refractivity contribution in [3.8, 4) is 11.5 Å². The van der Waals surface area contributed by atoms with Crippen LogP contribution in [0.5, 0.6) is 11.5 Å². The molecule has 0 bridgehead atoms. The first kappa shape index (κ1) is 28.8. The third-order valence-electron chi connectivity index (χ3n) is 6.15. The van der Waals surface area contributed by atoms with Gasteiger partial charge in [0.2, 0.25) is 0 Å². The van der Waals surface area contributed by atoms with Crippen molar-refractivity contribution >= 4 is 11.8 Å². The maximum absolute atomic E-state index is 12.3. The van der Waals surface area contributed by atoms with E-state index in [9.17, 15) is 9.59 Å². The van der Waals surface area contributed by atoms with Crippen LogP contribution in [0.2, 0.25) is 0 Å². The Balaban J connectivity index is 1.39. The maximum atomic E-state index is 12.3. The monoisotopic (exact) mass is 516 g/mol. The van der Waals surface area contributed by atoms with E-state index in [1.165, 1.54) is 11.1 Å². The van der Waals surface area contributed by atoms with Gasteiger partial charge < -0.3 is 20.1 Å². The van der Waals surface area contributed by atoms with Gasteiger partial charge in [-0.3, -0.25) is 9.59 Å². The number of hydrogen-bond donors (Lipinski definition) is 2. The first-order valence-electron chi connectivity index (χ1n) is 13.0. The molecule has 3 aromatic rings. The normalized spacial score (nSPS) is 11.5. The number of hydrogen-bond acceptors (Lipinski definition) is 4. The molecule has 38 heavy (non-hydrogen) atoms. The van der Waals surface area contributed by atoms with Crippen molar-refractivity contribution < 1.29 is 19.1 Å². The van der Waals surface area contributed by atoms with Gasteiger partial charge >= 0.3 is 0 Å². The van der Waals surface area contributed by atoms with E-state index in [0.29, 0.717) is 24.6 Å². The predicted octanol–water partition coefficient (Wildman–Crippen LogP) is 5.67. The Kier molecular flexibility index (Phi) is 9.56. The van der Waals surface area contributed by atoms with E-state index >= 15 is 0 Å². The second-order valence-corrected chi connectivity index (χ2v) is 11.5. The minimum atomic E-state index is -0.198. The molecule has 0 aliphatic carbocycles. The molecule has 0 aliphatic heterocycles. The highest BCUT2D eigenvalue weighted by Gasteiger charge is 2.14. The van der Waals surface area contributed by atoms with Gasteiger partial charge in [-0.1, -0.05) is 90.1 Å². The van der Waals surface area contributed by atoms with Crippen LogP contribution in [0, 0.1) is 0 Å².